The van der Waals surface area contributed by atoms with Gasteiger partial charge in [0.25, 0.3) is 0 Å². The third kappa shape index (κ3) is 9.56. The minimum Gasteiger partial charge on any atom is -0.457 e. The zero-order chi connectivity index (χ0) is 42.2. The average Bonchev–Trinajstić information content (AvgIpc) is 3.27. The van der Waals surface area contributed by atoms with Crippen LogP contribution in [0.4, 0.5) is 5.69 Å². The molecule has 302 valence electrons. The summed E-state index contributed by atoms with van der Waals surface area (Å²) in [5.74, 6) is -0.697. The number of aryl methyl sites for hydroxylation is 1. The van der Waals surface area contributed by atoms with Gasteiger partial charge in [-0.3, -0.25) is 9.59 Å². The van der Waals surface area contributed by atoms with Crippen LogP contribution in [0.1, 0.15) is 89.4 Å². The summed E-state index contributed by atoms with van der Waals surface area (Å²) in [4.78, 5) is 57.5. The second-order valence-electron chi connectivity index (χ2n) is 14.7. The summed E-state index contributed by atoms with van der Waals surface area (Å²) in [7, 11) is 0. The van der Waals surface area contributed by atoms with Gasteiger partial charge >= 0.3 is 5.97 Å². The molecule has 6 aromatic rings. The molecule has 0 saturated heterocycles. The molecule has 0 aromatic heterocycles. The van der Waals surface area contributed by atoms with Crippen LogP contribution in [0.15, 0.2) is 154 Å². The van der Waals surface area contributed by atoms with E-state index in [0.717, 1.165) is 32.7 Å². The first-order valence-electron chi connectivity index (χ1n) is 19.7. The molecule has 7 rings (SSSR count). The topological polar surface area (TPSA) is 90.9 Å². The molecule has 0 saturated carbocycles. The second-order valence-corrected chi connectivity index (χ2v) is 16.9. The lowest BCUT2D eigenvalue weighted by Gasteiger charge is -2.26. The molecule has 0 atom stereocenters. The maximum Gasteiger partial charge on any atom is 0.339 e. The number of anilines is 1. The van der Waals surface area contributed by atoms with Gasteiger partial charge in [-0.2, -0.15) is 0 Å². The molecule has 6 aromatic carbocycles. The number of nitrogens with one attached hydrogen (secondary N) is 1. The summed E-state index contributed by atoms with van der Waals surface area (Å²) < 4.78 is 5.75. The van der Waals surface area contributed by atoms with Gasteiger partial charge in [-0.25, -0.2) is 14.6 Å². The summed E-state index contributed by atoms with van der Waals surface area (Å²) in [5.41, 5.74) is 7.70. The Morgan fingerprint density at radius 3 is 1.83 bits per heavy atom. The number of hydrogen-bond donors (Lipinski definition) is 1. The number of esters is 1. The van der Waals surface area contributed by atoms with Crippen molar-refractivity contribution in [2.75, 3.05) is 11.9 Å². The van der Waals surface area contributed by atoms with E-state index in [1.165, 1.54) is 23.5 Å². The van der Waals surface area contributed by atoms with Crippen molar-refractivity contribution < 1.29 is 28.9 Å². The Morgan fingerprint density at radius 2 is 1.17 bits per heavy atom. The van der Waals surface area contributed by atoms with Gasteiger partial charge in [0.1, 0.15) is 19.8 Å². The fraction of sp³-hybridized carbons (Fsp3) is 0.157. The number of ether oxygens (including phenoxy) is 1. The maximum atomic E-state index is 15.0. The fourth-order valence-corrected chi connectivity index (χ4v) is 8.91. The average molecular weight is 832 g/mol. The molecule has 0 heterocycles. The normalized spacial score (nSPS) is 11.9. The van der Waals surface area contributed by atoms with E-state index < -0.39 is 5.97 Å². The third-order valence-corrected chi connectivity index (χ3v) is 12.3. The molecule has 0 unspecified atom stereocenters. The zero-order valence-corrected chi connectivity index (χ0v) is 35.4. The fourth-order valence-electron chi connectivity index (χ4n) is 6.76. The predicted octanol–water partition coefficient (Wildman–Crippen LogP) is 12.4. The number of ketones is 2. The number of benzene rings is 6. The SMILES string of the molecule is C=Cc1ccc(COOCc2ccccc2Sc2ccc(C)c3c2C(=O)c2c(NCC(C)C)ccc(Sc4ccccc4C(=O)OCc4ccc(C=C)cc4)c2C3=O)cc1. The van der Waals surface area contributed by atoms with Crippen LogP contribution in [-0.4, -0.2) is 24.1 Å². The number of fused-ring (bicyclic) bond motifs is 2. The summed E-state index contributed by atoms with van der Waals surface area (Å²) >= 11 is 2.69. The Kier molecular flexibility index (Phi) is 13.6. The van der Waals surface area contributed by atoms with Crippen molar-refractivity contribution in [3.8, 4) is 0 Å². The summed E-state index contributed by atoms with van der Waals surface area (Å²) in [5, 5.41) is 3.45. The van der Waals surface area contributed by atoms with E-state index in [-0.39, 0.29) is 37.3 Å². The Morgan fingerprint density at radius 1 is 0.617 bits per heavy atom. The number of rotatable bonds is 17. The molecule has 1 N–H and O–H groups in total. The van der Waals surface area contributed by atoms with Crippen molar-refractivity contribution >= 4 is 58.9 Å². The highest BCUT2D eigenvalue weighted by Crippen LogP contribution is 2.45. The Balaban J connectivity index is 1.18. The largest absolute Gasteiger partial charge is 0.457 e. The van der Waals surface area contributed by atoms with E-state index in [2.05, 4.69) is 32.3 Å². The Labute approximate surface area is 359 Å². The lowest BCUT2D eigenvalue weighted by Crippen LogP contribution is -2.26. The lowest BCUT2D eigenvalue weighted by atomic mass is 9.81. The van der Waals surface area contributed by atoms with Crippen molar-refractivity contribution in [3.63, 3.8) is 0 Å². The van der Waals surface area contributed by atoms with Gasteiger partial charge in [-0.1, -0.05) is 148 Å². The molecule has 9 heteroatoms. The van der Waals surface area contributed by atoms with Crippen molar-refractivity contribution in [1.82, 2.24) is 0 Å². The maximum absolute atomic E-state index is 15.0. The van der Waals surface area contributed by atoms with Crippen LogP contribution in [0, 0.1) is 12.8 Å². The van der Waals surface area contributed by atoms with Crippen molar-refractivity contribution in [2.45, 2.75) is 60.2 Å². The van der Waals surface area contributed by atoms with Crippen LogP contribution in [-0.2, 0) is 34.3 Å². The third-order valence-electron chi connectivity index (χ3n) is 10.00. The van der Waals surface area contributed by atoms with Gasteiger partial charge in [0.15, 0.2) is 11.6 Å². The van der Waals surface area contributed by atoms with E-state index in [0.29, 0.717) is 60.3 Å². The molecule has 0 spiro atoms. The van der Waals surface area contributed by atoms with Crippen molar-refractivity contribution in [1.29, 1.82) is 0 Å². The molecule has 1 aliphatic rings. The van der Waals surface area contributed by atoms with Crippen LogP contribution < -0.4 is 5.32 Å². The van der Waals surface area contributed by atoms with Gasteiger partial charge in [0, 0.05) is 48.5 Å². The molecule has 0 amide bonds. The van der Waals surface area contributed by atoms with Crippen LogP contribution in [0.5, 0.6) is 0 Å². The lowest BCUT2D eigenvalue weighted by molar-refractivity contribution is -0.313. The molecular formula is C51H45NO6S2. The number of carbonyl (C=O) groups excluding carboxylic acids is 3. The van der Waals surface area contributed by atoms with Gasteiger partial charge in [0.05, 0.1) is 11.1 Å². The first-order valence-corrected chi connectivity index (χ1v) is 21.3. The van der Waals surface area contributed by atoms with Gasteiger partial charge in [0.2, 0.25) is 0 Å². The molecule has 0 bridgehead atoms. The Bertz CT molecular complexity index is 2580. The van der Waals surface area contributed by atoms with Crippen LogP contribution >= 0.6 is 23.5 Å². The second kappa shape index (κ2) is 19.4. The summed E-state index contributed by atoms with van der Waals surface area (Å²) in [6, 6.07) is 38.0. The highest BCUT2D eigenvalue weighted by atomic mass is 32.2. The molecule has 60 heavy (non-hydrogen) atoms. The first-order chi connectivity index (χ1) is 29.1. The molecule has 0 radical (unpaired) electrons. The predicted molar refractivity (Wildman–Crippen MR) is 241 cm³/mol. The zero-order valence-electron chi connectivity index (χ0n) is 33.8. The molecule has 7 nitrogen and oxygen atoms in total. The van der Waals surface area contributed by atoms with Gasteiger partial charge < -0.3 is 10.1 Å². The quantitative estimate of drug-likeness (QED) is 0.0417. The van der Waals surface area contributed by atoms with E-state index >= 15 is 4.79 Å². The monoisotopic (exact) mass is 831 g/mol. The molecule has 1 aliphatic carbocycles. The highest BCUT2D eigenvalue weighted by molar-refractivity contribution is 7.99. The van der Waals surface area contributed by atoms with E-state index in [1.54, 1.807) is 24.3 Å². The number of hydrogen-bond acceptors (Lipinski definition) is 9. The standard InChI is InChI=1S/C51H45NO6S2/c1-6-34-17-21-36(22-18-34)29-56-51(55)39-13-9-11-15-42(39)60-44-27-25-40(52-28-32(3)4)46-48(44)49(53)45-33(5)16-26-43(47(45)50(46)54)59-41-14-10-8-12-38(41)31-58-57-30-37-23-19-35(7-2)20-24-37/h6-27,32,52H,1-2,28-31H2,3-5H3. The van der Waals surface area contributed by atoms with E-state index in [4.69, 9.17) is 14.5 Å². The van der Waals surface area contributed by atoms with Crippen LogP contribution in [0.2, 0.25) is 0 Å². The molecule has 0 aliphatic heterocycles. The molecular weight excluding hydrogens is 787 g/mol. The van der Waals surface area contributed by atoms with Crippen molar-refractivity contribution in [2.24, 2.45) is 5.92 Å². The summed E-state index contributed by atoms with van der Waals surface area (Å²) in [6.45, 7) is 14.8. The van der Waals surface area contributed by atoms with Crippen LogP contribution in [0.25, 0.3) is 12.2 Å². The minimum atomic E-state index is -0.490. The highest BCUT2D eigenvalue weighted by Gasteiger charge is 2.37. The van der Waals surface area contributed by atoms with Gasteiger partial charge in [-0.05, 0) is 82.6 Å². The van der Waals surface area contributed by atoms with E-state index in [1.807, 2.05) is 116 Å². The summed E-state index contributed by atoms with van der Waals surface area (Å²) in [6.07, 6.45) is 3.55. The van der Waals surface area contributed by atoms with Crippen LogP contribution in [0.3, 0.4) is 0 Å². The molecule has 0 fully saturated rings. The number of carbonyl (C=O) groups is 3. The van der Waals surface area contributed by atoms with E-state index in [9.17, 15) is 9.59 Å². The smallest absolute Gasteiger partial charge is 0.339 e. The minimum absolute atomic E-state index is 0.0984. The van der Waals surface area contributed by atoms with Gasteiger partial charge in [-0.15, -0.1) is 0 Å². The Hall–Kier alpha value is -5.97. The first kappa shape index (κ1) is 42.2. The van der Waals surface area contributed by atoms with Crippen molar-refractivity contribution in [3.05, 3.63) is 196 Å².